The van der Waals surface area contributed by atoms with Crippen LogP contribution in [0.2, 0.25) is 0 Å². The number of furan rings is 1. The third kappa shape index (κ3) is 5.64. The average molecular weight is 431 g/mol. The lowest BCUT2D eigenvalue weighted by Gasteiger charge is -2.37. The van der Waals surface area contributed by atoms with Crippen LogP contribution in [-0.2, 0) is 22.4 Å². The number of carbonyl (C=O) groups is 1. The summed E-state index contributed by atoms with van der Waals surface area (Å²) in [6, 6.07) is 8.14. The van der Waals surface area contributed by atoms with Crippen molar-refractivity contribution in [2.24, 2.45) is 4.99 Å². The summed E-state index contributed by atoms with van der Waals surface area (Å²) in [5, 5.41) is 5.60. The van der Waals surface area contributed by atoms with Crippen LogP contribution < -0.4 is 5.32 Å². The summed E-state index contributed by atoms with van der Waals surface area (Å²) >= 11 is 1.77. The van der Waals surface area contributed by atoms with Gasteiger partial charge >= 0.3 is 0 Å². The summed E-state index contributed by atoms with van der Waals surface area (Å²) < 4.78 is 11.0. The fourth-order valence-corrected chi connectivity index (χ4v) is 4.56. The zero-order valence-corrected chi connectivity index (χ0v) is 18.1. The van der Waals surface area contributed by atoms with Crippen LogP contribution in [0.25, 0.3) is 0 Å². The normalized spacial score (nSPS) is 20.0. The standard InChI is InChI=1S/C22H30N4O3S/c27-21(20-6-2-16-29-20)25-11-13-26(14-12-25)22(23-9-7-18-4-1-15-28-18)24-10-8-19-5-3-17-30-19/h1,3-5,15,17,20H,2,6-14,16H2,(H,23,24). The Kier molecular flexibility index (Phi) is 7.42. The molecule has 1 atom stereocenters. The molecule has 0 aromatic carbocycles. The number of nitrogens with one attached hydrogen (secondary N) is 1. The van der Waals surface area contributed by atoms with Crippen LogP contribution >= 0.6 is 11.3 Å². The minimum absolute atomic E-state index is 0.147. The number of ether oxygens (including phenoxy) is 1. The molecule has 8 heteroatoms. The summed E-state index contributed by atoms with van der Waals surface area (Å²) in [6.45, 7) is 5.20. The predicted molar refractivity (Wildman–Crippen MR) is 118 cm³/mol. The van der Waals surface area contributed by atoms with Crippen LogP contribution in [0.1, 0.15) is 23.5 Å². The number of amides is 1. The van der Waals surface area contributed by atoms with Crippen LogP contribution in [0.5, 0.6) is 0 Å². The number of guanidine groups is 1. The van der Waals surface area contributed by atoms with Crippen molar-refractivity contribution in [2.45, 2.75) is 31.8 Å². The van der Waals surface area contributed by atoms with E-state index in [1.54, 1.807) is 17.6 Å². The monoisotopic (exact) mass is 430 g/mol. The number of aliphatic imine (C=N–C) groups is 1. The highest BCUT2D eigenvalue weighted by Crippen LogP contribution is 2.16. The Bertz CT molecular complexity index is 792. The van der Waals surface area contributed by atoms with Crippen molar-refractivity contribution in [1.82, 2.24) is 15.1 Å². The van der Waals surface area contributed by atoms with Crippen molar-refractivity contribution in [1.29, 1.82) is 0 Å². The van der Waals surface area contributed by atoms with Crippen molar-refractivity contribution >= 4 is 23.2 Å². The molecule has 7 nitrogen and oxygen atoms in total. The fraction of sp³-hybridized carbons (Fsp3) is 0.545. The molecular formula is C22H30N4O3S. The van der Waals surface area contributed by atoms with Crippen molar-refractivity contribution in [2.75, 3.05) is 45.9 Å². The van der Waals surface area contributed by atoms with E-state index in [2.05, 4.69) is 27.7 Å². The van der Waals surface area contributed by atoms with E-state index in [1.165, 1.54) is 4.88 Å². The second-order valence-electron chi connectivity index (χ2n) is 7.60. The van der Waals surface area contributed by atoms with Crippen LogP contribution in [0.15, 0.2) is 45.3 Å². The van der Waals surface area contributed by atoms with Gasteiger partial charge in [-0.3, -0.25) is 9.79 Å². The average Bonchev–Trinajstić information content (AvgIpc) is 3.56. The lowest BCUT2D eigenvalue weighted by Crippen LogP contribution is -2.55. The smallest absolute Gasteiger partial charge is 0.251 e. The highest BCUT2D eigenvalue weighted by Gasteiger charge is 2.30. The van der Waals surface area contributed by atoms with E-state index in [9.17, 15) is 4.79 Å². The van der Waals surface area contributed by atoms with E-state index < -0.39 is 0 Å². The van der Waals surface area contributed by atoms with Gasteiger partial charge in [0, 0.05) is 63.6 Å². The minimum atomic E-state index is -0.234. The molecule has 0 radical (unpaired) electrons. The van der Waals surface area contributed by atoms with Crippen molar-refractivity contribution in [3.63, 3.8) is 0 Å². The van der Waals surface area contributed by atoms with E-state index in [4.69, 9.17) is 14.1 Å². The molecule has 4 heterocycles. The molecule has 2 aliphatic heterocycles. The Balaban J connectivity index is 1.31. The van der Waals surface area contributed by atoms with E-state index >= 15 is 0 Å². The molecule has 2 saturated heterocycles. The summed E-state index contributed by atoms with van der Waals surface area (Å²) in [7, 11) is 0. The van der Waals surface area contributed by atoms with Crippen molar-refractivity contribution in [3.05, 3.63) is 46.5 Å². The predicted octanol–water partition coefficient (Wildman–Crippen LogP) is 2.40. The van der Waals surface area contributed by atoms with Crippen molar-refractivity contribution < 1.29 is 13.9 Å². The Morgan fingerprint density at radius 3 is 2.73 bits per heavy atom. The summed E-state index contributed by atoms with van der Waals surface area (Å²) in [4.78, 5) is 23.0. The maximum absolute atomic E-state index is 12.6. The van der Waals surface area contributed by atoms with Crippen LogP contribution in [0, 0.1) is 0 Å². The first-order valence-electron chi connectivity index (χ1n) is 10.8. The summed E-state index contributed by atoms with van der Waals surface area (Å²) in [6.07, 6.45) is 5.06. The molecule has 2 aliphatic rings. The van der Waals surface area contributed by atoms with Gasteiger partial charge in [0.2, 0.25) is 0 Å². The third-order valence-corrected chi connectivity index (χ3v) is 6.47. The maximum Gasteiger partial charge on any atom is 0.251 e. The Hall–Kier alpha value is -2.32. The number of rotatable bonds is 7. The first kappa shape index (κ1) is 20.9. The van der Waals surface area contributed by atoms with Crippen LogP contribution in [0.3, 0.4) is 0 Å². The number of carbonyl (C=O) groups excluding carboxylic acids is 1. The molecule has 2 aromatic heterocycles. The molecule has 162 valence electrons. The quantitative estimate of drug-likeness (QED) is 0.540. The lowest BCUT2D eigenvalue weighted by molar-refractivity contribution is -0.142. The van der Waals surface area contributed by atoms with Gasteiger partial charge in [0.15, 0.2) is 5.96 Å². The van der Waals surface area contributed by atoms with Crippen molar-refractivity contribution in [3.8, 4) is 0 Å². The fourth-order valence-electron chi connectivity index (χ4n) is 3.86. The molecule has 0 bridgehead atoms. The number of hydrogen-bond acceptors (Lipinski definition) is 5. The topological polar surface area (TPSA) is 70.3 Å². The lowest BCUT2D eigenvalue weighted by atomic mass is 10.2. The van der Waals surface area contributed by atoms with E-state index in [1.807, 2.05) is 17.0 Å². The van der Waals surface area contributed by atoms with Gasteiger partial charge in [-0.1, -0.05) is 6.07 Å². The van der Waals surface area contributed by atoms with Gasteiger partial charge in [0.05, 0.1) is 6.26 Å². The molecule has 2 aromatic rings. The van der Waals surface area contributed by atoms with E-state index in [-0.39, 0.29) is 12.0 Å². The molecule has 0 saturated carbocycles. The number of piperazine rings is 1. The first-order valence-corrected chi connectivity index (χ1v) is 11.7. The number of hydrogen-bond donors (Lipinski definition) is 1. The Labute approximate surface area is 181 Å². The zero-order chi connectivity index (χ0) is 20.6. The molecule has 0 aliphatic carbocycles. The molecule has 1 amide bonds. The Morgan fingerprint density at radius 1 is 1.17 bits per heavy atom. The molecule has 1 unspecified atom stereocenters. The number of nitrogens with zero attached hydrogens (tertiary/aromatic N) is 3. The second-order valence-corrected chi connectivity index (χ2v) is 8.64. The molecule has 4 rings (SSSR count). The van der Waals surface area contributed by atoms with Gasteiger partial charge in [-0.2, -0.15) is 0 Å². The first-order chi connectivity index (χ1) is 14.8. The largest absolute Gasteiger partial charge is 0.469 e. The third-order valence-electron chi connectivity index (χ3n) is 5.53. The molecule has 1 N–H and O–H groups in total. The molecular weight excluding hydrogens is 400 g/mol. The van der Waals surface area contributed by atoms with Gasteiger partial charge in [-0.25, -0.2) is 0 Å². The van der Waals surface area contributed by atoms with Gasteiger partial charge in [-0.15, -0.1) is 11.3 Å². The maximum atomic E-state index is 12.6. The van der Waals surface area contributed by atoms with E-state index in [0.717, 1.165) is 63.6 Å². The summed E-state index contributed by atoms with van der Waals surface area (Å²) in [5.74, 6) is 2.03. The molecule has 30 heavy (non-hydrogen) atoms. The minimum Gasteiger partial charge on any atom is -0.469 e. The SMILES string of the molecule is O=C(C1CCCO1)N1CCN(C(=NCCc2cccs2)NCCc2ccco2)CC1. The van der Waals surface area contributed by atoms with Gasteiger partial charge < -0.3 is 24.3 Å². The van der Waals surface area contributed by atoms with Gasteiger partial charge in [-0.05, 0) is 36.4 Å². The van der Waals surface area contributed by atoms with Crippen LogP contribution in [-0.4, -0.2) is 73.6 Å². The van der Waals surface area contributed by atoms with Gasteiger partial charge in [0.1, 0.15) is 11.9 Å². The van der Waals surface area contributed by atoms with Crippen LogP contribution in [0.4, 0.5) is 0 Å². The molecule has 2 fully saturated rings. The van der Waals surface area contributed by atoms with E-state index in [0.29, 0.717) is 19.7 Å². The second kappa shape index (κ2) is 10.6. The Morgan fingerprint density at radius 2 is 2.03 bits per heavy atom. The zero-order valence-electron chi connectivity index (χ0n) is 17.3. The highest BCUT2D eigenvalue weighted by molar-refractivity contribution is 7.09. The van der Waals surface area contributed by atoms with Gasteiger partial charge in [0.25, 0.3) is 5.91 Å². The number of thiophene rings is 1. The molecule has 0 spiro atoms. The summed E-state index contributed by atoms with van der Waals surface area (Å²) in [5.41, 5.74) is 0. The highest BCUT2D eigenvalue weighted by atomic mass is 32.1.